The number of nitrogens with zero attached hydrogens (tertiary/aromatic N) is 3. The molecule has 0 unspecified atom stereocenters. The van der Waals surface area contributed by atoms with E-state index in [9.17, 15) is 0 Å². The molecule has 0 N–H and O–H groups in total. The molecule has 0 aliphatic carbocycles. The maximum atomic E-state index is 5.37. The van der Waals surface area contributed by atoms with Gasteiger partial charge in [0.2, 0.25) is 0 Å². The largest absolute Gasteiger partial charge is 0.379 e. The summed E-state index contributed by atoms with van der Waals surface area (Å²) in [4.78, 5) is 2.48. The van der Waals surface area contributed by atoms with Gasteiger partial charge < -0.3 is 4.74 Å². The summed E-state index contributed by atoms with van der Waals surface area (Å²) >= 11 is 0. The molecule has 1 aliphatic rings. The Morgan fingerprint density at radius 1 is 0.826 bits per heavy atom. The van der Waals surface area contributed by atoms with Crippen molar-refractivity contribution in [2.24, 2.45) is 10.2 Å². The predicted octanol–water partition coefficient (Wildman–Crippen LogP) is 4.37. The van der Waals surface area contributed by atoms with Gasteiger partial charge in [-0.3, -0.25) is 4.90 Å². The first kappa shape index (κ1) is 15.8. The molecule has 2 aromatic rings. The van der Waals surface area contributed by atoms with Gasteiger partial charge in [-0.15, -0.1) is 0 Å². The van der Waals surface area contributed by atoms with Gasteiger partial charge in [-0.05, 0) is 49.2 Å². The number of hydrogen-bond acceptors (Lipinski definition) is 4. The molecule has 0 atom stereocenters. The highest BCUT2D eigenvalue weighted by molar-refractivity contribution is 5.40. The van der Waals surface area contributed by atoms with Crippen LogP contribution in [-0.2, 0) is 11.2 Å². The van der Waals surface area contributed by atoms with Gasteiger partial charge >= 0.3 is 0 Å². The maximum absolute atomic E-state index is 5.37. The van der Waals surface area contributed by atoms with E-state index in [-0.39, 0.29) is 0 Å². The molecule has 4 heteroatoms. The van der Waals surface area contributed by atoms with Crippen LogP contribution in [0.1, 0.15) is 12.0 Å². The second kappa shape index (κ2) is 8.56. The molecule has 4 nitrogen and oxygen atoms in total. The smallest absolute Gasteiger partial charge is 0.0857 e. The quantitative estimate of drug-likeness (QED) is 0.743. The number of morpholine rings is 1. The van der Waals surface area contributed by atoms with E-state index in [2.05, 4.69) is 27.3 Å². The van der Waals surface area contributed by atoms with Gasteiger partial charge in [0.15, 0.2) is 0 Å². The summed E-state index contributed by atoms with van der Waals surface area (Å²) in [5.74, 6) is 0. The molecule has 1 fully saturated rings. The summed E-state index contributed by atoms with van der Waals surface area (Å²) in [6.07, 6.45) is 2.29. The monoisotopic (exact) mass is 309 g/mol. The first-order valence-corrected chi connectivity index (χ1v) is 8.26. The fourth-order valence-corrected chi connectivity index (χ4v) is 2.67. The number of azo groups is 1. The van der Waals surface area contributed by atoms with Crippen molar-refractivity contribution >= 4 is 11.4 Å². The molecule has 2 aromatic carbocycles. The van der Waals surface area contributed by atoms with Crippen LogP contribution >= 0.6 is 0 Å². The average molecular weight is 309 g/mol. The van der Waals surface area contributed by atoms with E-state index in [1.807, 2.05) is 42.5 Å². The van der Waals surface area contributed by atoms with Gasteiger partial charge in [0, 0.05) is 13.1 Å². The van der Waals surface area contributed by atoms with E-state index in [0.717, 1.165) is 50.6 Å². The number of hydrogen-bond donors (Lipinski definition) is 0. The zero-order chi connectivity index (χ0) is 15.7. The minimum atomic E-state index is 0.876. The summed E-state index contributed by atoms with van der Waals surface area (Å²) in [6.45, 7) is 5.04. The lowest BCUT2D eigenvalue weighted by molar-refractivity contribution is 0.0375. The number of rotatable bonds is 6. The van der Waals surface area contributed by atoms with E-state index < -0.39 is 0 Å². The lowest BCUT2D eigenvalue weighted by Gasteiger charge is -2.26. The predicted molar refractivity (Wildman–Crippen MR) is 92.6 cm³/mol. The van der Waals surface area contributed by atoms with Gasteiger partial charge in [-0.2, -0.15) is 10.2 Å². The minimum Gasteiger partial charge on any atom is -0.379 e. The molecular weight excluding hydrogens is 286 g/mol. The Bertz CT molecular complexity index is 604. The van der Waals surface area contributed by atoms with Crippen LogP contribution in [0.25, 0.3) is 0 Å². The molecule has 3 rings (SSSR count). The van der Waals surface area contributed by atoms with Gasteiger partial charge in [0.25, 0.3) is 0 Å². The molecule has 1 saturated heterocycles. The Kier molecular flexibility index (Phi) is 5.89. The van der Waals surface area contributed by atoms with Crippen LogP contribution in [0, 0.1) is 0 Å². The van der Waals surface area contributed by atoms with Crippen LogP contribution < -0.4 is 0 Å². The van der Waals surface area contributed by atoms with Crippen LogP contribution in [-0.4, -0.2) is 37.7 Å². The Morgan fingerprint density at radius 2 is 1.48 bits per heavy atom. The van der Waals surface area contributed by atoms with Crippen molar-refractivity contribution < 1.29 is 4.74 Å². The summed E-state index contributed by atoms with van der Waals surface area (Å²) < 4.78 is 5.37. The van der Waals surface area contributed by atoms with Crippen molar-refractivity contribution in [1.29, 1.82) is 0 Å². The van der Waals surface area contributed by atoms with Gasteiger partial charge in [0.1, 0.15) is 0 Å². The van der Waals surface area contributed by atoms with Crippen molar-refractivity contribution in [2.75, 3.05) is 32.8 Å². The molecule has 0 saturated carbocycles. The summed E-state index contributed by atoms with van der Waals surface area (Å²) in [7, 11) is 0. The molecule has 0 amide bonds. The van der Waals surface area contributed by atoms with Crippen molar-refractivity contribution in [3.05, 3.63) is 60.2 Å². The van der Waals surface area contributed by atoms with E-state index in [4.69, 9.17) is 4.74 Å². The topological polar surface area (TPSA) is 37.2 Å². The molecular formula is C19H23N3O. The standard InChI is InChI=1S/C19H23N3O/c1-2-6-18(7-3-1)20-21-19-10-8-17(9-11-19)5-4-12-22-13-15-23-16-14-22/h1-3,6-11H,4-5,12-16H2. The Morgan fingerprint density at radius 3 is 2.17 bits per heavy atom. The highest BCUT2D eigenvalue weighted by Gasteiger charge is 2.09. The van der Waals surface area contributed by atoms with Crippen LogP contribution in [0.2, 0.25) is 0 Å². The van der Waals surface area contributed by atoms with Gasteiger partial charge in [-0.1, -0.05) is 30.3 Å². The lowest BCUT2D eigenvalue weighted by atomic mass is 10.1. The molecule has 120 valence electrons. The van der Waals surface area contributed by atoms with Crippen LogP contribution in [0.3, 0.4) is 0 Å². The molecule has 1 heterocycles. The van der Waals surface area contributed by atoms with E-state index in [0.29, 0.717) is 0 Å². The first-order valence-electron chi connectivity index (χ1n) is 8.26. The third-order valence-electron chi connectivity index (χ3n) is 4.02. The van der Waals surface area contributed by atoms with Crippen LogP contribution in [0.15, 0.2) is 64.8 Å². The highest BCUT2D eigenvalue weighted by atomic mass is 16.5. The molecule has 23 heavy (non-hydrogen) atoms. The Hall–Kier alpha value is -2.04. The van der Waals surface area contributed by atoms with Crippen molar-refractivity contribution in [3.8, 4) is 0 Å². The molecule has 0 aromatic heterocycles. The molecule has 1 aliphatic heterocycles. The fraction of sp³-hybridized carbons (Fsp3) is 0.368. The van der Waals surface area contributed by atoms with Gasteiger partial charge in [-0.25, -0.2) is 0 Å². The molecule has 0 spiro atoms. The zero-order valence-corrected chi connectivity index (χ0v) is 13.4. The second-order valence-corrected chi connectivity index (χ2v) is 5.76. The van der Waals surface area contributed by atoms with E-state index >= 15 is 0 Å². The SMILES string of the molecule is c1ccc(N=Nc2ccc(CCCN3CCOCC3)cc2)cc1. The van der Waals surface area contributed by atoms with Gasteiger partial charge in [0.05, 0.1) is 24.6 Å². The third-order valence-corrected chi connectivity index (χ3v) is 4.02. The van der Waals surface area contributed by atoms with E-state index in [1.165, 1.54) is 12.0 Å². The first-order chi connectivity index (χ1) is 11.4. The fourth-order valence-electron chi connectivity index (χ4n) is 2.67. The molecule has 0 bridgehead atoms. The number of benzene rings is 2. The zero-order valence-electron chi connectivity index (χ0n) is 13.4. The average Bonchev–Trinajstić information content (AvgIpc) is 2.63. The normalized spacial score (nSPS) is 16.0. The van der Waals surface area contributed by atoms with Crippen LogP contribution in [0.5, 0.6) is 0 Å². The third kappa shape index (κ3) is 5.27. The number of aryl methyl sites for hydroxylation is 1. The van der Waals surface area contributed by atoms with E-state index in [1.54, 1.807) is 0 Å². The highest BCUT2D eigenvalue weighted by Crippen LogP contribution is 2.18. The van der Waals surface area contributed by atoms with Crippen molar-refractivity contribution in [2.45, 2.75) is 12.8 Å². The summed E-state index contributed by atoms with van der Waals surface area (Å²) in [5, 5.41) is 8.51. The van der Waals surface area contributed by atoms with Crippen molar-refractivity contribution in [1.82, 2.24) is 4.90 Å². The molecule has 0 radical (unpaired) electrons. The Balaban J connectivity index is 1.46. The second-order valence-electron chi connectivity index (χ2n) is 5.76. The summed E-state index contributed by atoms with van der Waals surface area (Å²) in [5.41, 5.74) is 3.13. The lowest BCUT2D eigenvalue weighted by Crippen LogP contribution is -2.36. The van der Waals surface area contributed by atoms with Crippen LogP contribution in [0.4, 0.5) is 11.4 Å². The summed E-state index contributed by atoms with van der Waals surface area (Å²) in [6, 6.07) is 18.2. The number of ether oxygens (including phenoxy) is 1. The minimum absolute atomic E-state index is 0.876. The van der Waals surface area contributed by atoms with Crippen molar-refractivity contribution in [3.63, 3.8) is 0 Å². The maximum Gasteiger partial charge on any atom is 0.0857 e. The Labute approximate surface area is 137 Å².